The van der Waals surface area contributed by atoms with Gasteiger partial charge in [-0.2, -0.15) is 0 Å². The number of nitrogens with zero attached hydrogens (tertiary/aromatic N) is 1. The molecule has 156 valence electrons. The average molecular weight is 405 g/mol. The van der Waals surface area contributed by atoms with Gasteiger partial charge >= 0.3 is 0 Å². The van der Waals surface area contributed by atoms with Crippen LogP contribution < -0.4 is 10.1 Å². The first-order valence-electron chi connectivity index (χ1n) is 10.2. The number of methoxy groups -OCH3 is 1. The number of aromatic hydroxyl groups is 1. The number of aliphatic hydroxyl groups excluding tert-OH is 1. The third kappa shape index (κ3) is 3.19. The van der Waals surface area contributed by atoms with E-state index in [1.807, 2.05) is 12.3 Å². The second kappa shape index (κ2) is 7.65. The number of ether oxygens (including phenoxy) is 1. The lowest BCUT2D eigenvalue weighted by atomic mass is 9.62. The van der Waals surface area contributed by atoms with Crippen LogP contribution in [-0.4, -0.2) is 29.1 Å². The van der Waals surface area contributed by atoms with Gasteiger partial charge in [-0.1, -0.05) is 30.4 Å². The van der Waals surface area contributed by atoms with E-state index < -0.39 is 5.54 Å². The Morgan fingerprint density at radius 2 is 2.17 bits per heavy atom. The summed E-state index contributed by atoms with van der Waals surface area (Å²) in [7, 11) is 1.50. The summed E-state index contributed by atoms with van der Waals surface area (Å²) in [5.74, 6) is 0.582. The lowest BCUT2D eigenvalue weighted by molar-refractivity contribution is 0.272. The molecule has 0 saturated carbocycles. The number of aliphatic imine (C=N–C) groups is 1. The van der Waals surface area contributed by atoms with Gasteiger partial charge in [-0.15, -0.1) is 0 Å². The van der Waals surface area contributed by atoms with Crippen molar-refractivity contribution >= 4 is 6.21 Å². The molecule has 1 aliphatic heterocycles. The number of hydrogen-bond donors (Lipinski definition) is 3. The summed E-state index contributed by atoms with van der Waals surface area (Å²) in [6.07, 6.45) is 12.2. The van der Waals surface area contributed by atoms with Gasteiger partial charge in [0.1, 0.15) is 5.54 Å². The molecule has 1 aromatic carbocycles. The second-order valence-corrected chi connectivity index (χ2v) is 8.13. The van der Waals surface area contributed by atoms with Gasteiger partial charge in [-0.25, -0.2) is 0 Å². The molecule has 4 rings (SSSR count). The first-order valence-corrected chi connectivity index (χ1v) is 10.2. The Balaban J connectivity index is 1.86. The standard InChI is InChI=1S/C25H28N2O3/c1-5-20-18-8-15(2)12-25(20,21-7-6-16(3)27-22(21)11-18)26-13-17-9-19(14-28)24(29)23(10-17)30-4/h5-10,13,18,27-29H,3,11-12,14H2,1-2,4H3. The van der Waals surface area contributed by atoms with Crippen LogP contribution in [0.25, 0.3) is 0 Å². The largest absolute Gasteiger partial charge is 0.504 e. The molecule has 2 unspecified atom stereocenters. The number of aliphatic hydroxyl groups is 1. The number of benzene rings is 1. The van der Waals surface area contributed by atoms with Crippen LogP contribution in [0.4, 0.5) is 0 Å². The van der Waals surface area contributed by atoms with E-state index in [1.54, 1.807) is 12.1 Å². The van der Waals surface area contributed by atoms with Crippen LogP contribution in [0.1, 0.15) is 37.8 Å². The van der Waals surface area contributed by atoms with Crippen molar-refractivity contribution in [3.8, 4) is 11.5 Å². The van der Waals surface area contributed by atoms with Gasteiger partial charge in [0.15, 0.2) is 11.5 Å². The van der Waals surface area contributed by atoms with Gasteiger partial charge in [0, 0.05) is 41.1 Å². The maximum Gasteiger partial charge on any atom is 0.163 e. The summed E-state index contributed by atoms with van der Waals surface area (Å²) in [5.41, 5.74) is 6.58. The third-order valence-corrected chi connectivity index (χ3v) is 6.17. The van der Waals surface area contributed by atoms with Gasteiger partial charge in [-0.05, 0) is 49.6 Å². The maximum atomic E-state index is 10.2. The minimum Gasteiger partial charge on any atom is -0.504 e. The predicted molar refractivity (Wildman–Crippen MR) is 120 cm³/mol. The van der Waals surface area contributed by atoms with E-state index in [-0.39, 0.29) is 12.4 Å². The molecule has 5 nitrogen and oxygen atoms in total. The number of allylic oxidation sites excluding steroid dienone is 4. The number of phenols is 1. The maximum absolute atomic E-state index is 10.2. The third-order valence-electron chi connectivity index (χ3n) is 6.17. The van der Waals surface area contributed by atoms with Crippen molar-refractivity contribution in [3.63, 3.8) is 0 Å². The molecule has 0 fully saturated rings. The summed E-state index contributed by atoms with van der Waals surface area (Å²) in [6, 6.07) is 3.48. The molecule has 0 amide bonds. The molecule has 3 aliphatic rings. The Morgan fingerprint density at radius 1 is 1.37 bits per heavy atom. The molecular weight excluding hydrogens is 376 g/mol. The zero-order chi connectivity index (χ0) is 21.5. The van der Waals surface area contributed by atoms with Gasteiger partial charge in [-0.3, -0.25) is 4.99 Å². The monoisotopic (exact) mass is 404 g/mol. The van der Waals surface area contributed by atoms with E-state index in [1.165, 1.54) is 29.5 Å². The molecule has 0 radical (unpaired) electrons. The van der Waals surface area contributed by atoms with Crippen molar-refractivity contribution in [2.45, 2.75) is 38.8 Å². The van der Waals surface area contributed by atoms with E-state index in [9.17, 15) is 10.2 Å². The molecule has 2 aliphatic carbocycles. The first-order chi connectivity index (χ1) is 14.4. The molecule has 2 bridgehead atoms. The van der Waals surface area contributed by atoms with Crippen LogP contribution in [-0.2, 0) is 6.61 Å². The first kappa shape index (κ1) is 20.2. The number of hydrogen-bond acceptors (Lipinski definition) is 5. The highest BCUT2D eigenvalue weighted by Crippen LogP contribution is 2.52. The molecule has 0 saturated heterocycles. The van der Waals surface area contributed by atoms with E-state index in [4.69, 9.17) is 9.73 Å². The van der Waals surface area contributed by atoms with Gasteiger partial charge in [0.05, 0.1) is 13.7 Å². The van der Waals surface area contributed by atoms with Crippen LogP contribution in [0.2, 0.25) is 0 Å². The van der Waals surface area contributed by atoms with E-state index in [0.717, 1.165) is 24.1 Å². The fourth-order valence-electron chi connectivity index (χ4n) is 4.95. The highest BCUT2D eigenvalue weighted by Gasteiger charge is 2.47. The lowest BCUT2D eigenvalue weighted by Crippen LogP contribution is -2.44. The predicted octanol–water partition coefficient (Wildman–Crippen LogP) is 4.29. The minimum atomic E-state index is -0.486. The highest BCUT2D eigenvalue weighted by molar-refractivity contribution is 5.83. The van der Waals surface area contributed by atoms with Crippen molar-refractivity contribution in [1.82, 2.24) is 5.32 Å². The lowest BCUT2D eigenvalue weighted by Gasteiger charge is -2.47. The topological polar surface area (TPSA) is 74.1 Å². The van der Waals surface area contributed by atoms with Gasteiger partial charge < -0.3 is 20.3 Å². The molecule has 3 N–H and O–H groups in total. The normalized spacial score (nSPS) is 26.7. The SMILES string of the molecule is C=C1C=CC2=C(CC3C=C(C)CC2(N=Cc2cc(CO)c(O)c(OC)c2)C3=CC)N1. The summed E-state index contributed by atoms with van der Waals surface area (Å²) in [4.78, 5) is 5.17. The fraction of sp³-hybridized carbons (Fsp3) is 0.320. The summed E-state index contributed by atoms with van der Waals surface area (Å²) in [6.45, 7) is 8.03. The van der Waals surface area contributed by atoms with Gasteiger partial charge in [0.25, 0.3) is 0 Å². The quantitative estimate of drug-likeness (QED) is 0.517. The number of nitrogens with one attached hydrogen (secondary N) is 1. The zero-order valence-electron chi connectivity index (χ0n) is 17.7. The zero-order valence-corrected chi connectivity index (χ0v) is 17.7. The number of dihydropyridines is 1. The Morgan fingerprint density at radius 3 is 2.87 bits per heavy atom. The summed E-state index contributed by atoms with van der Waals surface area (Å²) < 4.78 is 5.27. The molecule has 0 aromatic heterocycles. The van der Waals surface area contributed by atoms with Crippen LogP contribution in [0.15, 0.2) is 76.1 Å². The summed E-state index contributed by atoms with van der Waals surface area (Å²) in [5, 5.41) is 23.2. The Labute approximate surface area is 177 Å². The minimum absolute atomic E-state index is 0.0402. The van der Waals surface area contributed by atoms with Crippen molar-refractivity contribution < 1.29 is 14.9 Å². The summed E-state index contributed by atoms with van der Waals surface area (Å²) >= 11 is 0. The molecular formula is C25H28N2O3. The van der Waals surface area contributed by atoms with Gasteiger partial charge in [0.2, 0.25) is 0 Å². The molecule has 1 heterocycles. The van der Waals surface area contributed by atoms with Crippen molar-refractivity contribution in [1.29, 1.82) is 0 Å². The van der Waals surface area contributed by atoms with Crippen molar-refractivity contribution in [2.24, 2.45) is 10.9 Å². The fourth-order valence-corrected chi connectivity index (χ4v) is 4.95. The molecule has 30 heavy (non-hydrogen) atoms. The Hall–Kier alpha value is -3.05. The second-order valence-electron chi connectivity index (χ2n) is 8.13. The van der Waals surface area contributed by atoms with E-state index >= 15 is 0 Å². The number of rotatable bonds is 4. The Bertz CT molecular complexity index is 1030. The highest BCUT2D eigenvalue weighted by atomic mass is 16.5. The van der Waals surface area contributed by atoms with E-state index in [2.05, 4.69) is 44.0 Å². The molecule has 2 atom stereocenters. The average Bonchev–Trinajstić information content (AvgIpc) is 2.72. The number of fused-ring (bicyclic) bond motifs is 3. The molecule has 0 spiro atoms. The van der Waals surface area contributed by atoms with Crippen LogP contribution >= 0.6 is 0 Å². The van der Waals surface area contributed by atoms with E-state index in [0.29, 0.717) is 17.2 Å². The Kier molecular flexibility index (Phi) is 5.16. The van der Waals surface area contributed by atoms with Crippen LogP contribution in [0.3, 0.4) is 0 Å². The van der Waals surface area contributed by atoms with Crippen molar-refractivity contribution in [2.75, 3.05) is 7.11 Å². The van der Waals surface area contributed by atoms with Crippen LogP contribution in [0.5, 0.6) is 11.5 Å². The molecule has 1 aromatic rings. The molecule has 5 heteroatoms. The van der Waals surface area contributed by atoms with Crippen LogP contribution in [0, 0.1) is 5.92 Å². The van der Waals surface area contributed by atoms with Crippen molar-refractivity contribution in [3.05, 3.63) is 82.3 Å². The smallest absolute Gasteiger partial charge is 0.163 e.